The fourth-order valence-corrected chi connectivity index (χ4v) is 4.88. The van der Waals surface area contributed by atoms with Crippen LogP contribution in [0.5, 0.6) is 0 Å². The van der Waals surface area contributed by atoms with Gasteiger partial charge in [-0.3, -0.25) is 14.2 Å². The van der Waals surface area contributed by atoms with Crippen molar-refractivity contribution in [3.63, 3.8) is 0 Å². The SMILES string of the molecule is CCc1ccc(NC(=O)Cn2cnc3scc(-c4ccc(C)s4)c3c2=O)cc1. The molecule has 4 aromatic rings. The lowest BCUT2D eigenvalue weighted by atomic mass is 10.1. The molecule has 1 aromatic carbocycles. The van der Waals surface area contributed by atoms with E-state index in [2.05, 4.69) is 17.2 Å². The third-order valence-electron chi connectivity index (χ3n) is 4.53. The molecule has 1 N–H and O–H groups in total. The van der Waals surface area contributed by atoms with Crippen molar-refractivity contribution >= 4 is 44.5 Å². The molecule has 0 bridgehead atoms. The second kappa shape index (κ2) is 7.69. The Balaban J connectivity index is 1.61. The molecule has 0 spiro atoms. The summed E-state index contributed by atoms with van der Waals surface area (Å²) in [6.07, 6.45) is 2.40. The highest BCUT2D eigenvalue weighted by atomic mass is 32.1. The van der Waals surface area contributed by atoms with E-state index in [1.165, 1.54) is 32.7 Å². The quantitative estimate of drug-likeness (QED) is 0.520. The van der Waals surface area contributed by atoms with Gasteiger partial charge in [0, 0.05) is 26.4 Å². The number of carbonyl (C=O) groups excluding carboxylic acids is 1. The molecule has 0 fully saturated rings. The second-order valence-corrected chi connectivity index (χ2v) is 8.66. The number of carbonyl (C=O) groups is 1. The van der Waals surface area contributed by atoms with E-state index in [0.29, 0.717) is 10.2 Å². The lowest BCUT2D eigenvalue weighted by Crippen LogP contribution is -2.27. The molecular weight excluding hydrogens is 390 g/mol. The molecule has 7 heteroatoms. The maximum absolute atomic E-state index is 13.0. The number of amides is 1. The van der Waals surface area contributed by atoms with E-state index in [4.69, 9.17) is 0 Å². The molecule has 0 aliphatic heterocycles. The van der Waals surface area contributed by atoms with Crippen molar-refractivity contribution in [1.82, 2.24) is 9.55 Å². The first-order valence-corrected chi connectivity index (χ1v) is 10.7. The number of hydrogen-bond donors (Lipinski definition) is 1. The summed E-state index contributed by atoms with van der Waals surface area (Å²) in [4.78, 5) is 32.7. The van der Waals surface area contributed by atoms with Crippen LogP contribution in [-0.4, -0.2) is 15.5 Å². The first-order chi connectivity index (χ1) is 13.5. The van der Waals surface area contributed by atoms with Crippen molar-refractivity contribution in [2.75, 3.05) is 5.32 Å². The second-order valence-electron chi connectivity index (χ2n) is 6.52. The number of nitrogens with one attached hydrogen (secondary N) is 1. The molecule has 3 heterocycles. The maximum Gasteiger partial charge on any atom is 0.263 e. The van der Waals surface area contributed by atoms with E-state index in [0.717, 1.165) is 22.5 Å². The van der Waals surface area contributed by atoms with Crippen LogP contribution >= 0.6 is 22.7 Å². The number of hydrogen-bond acceptors (Lipinski definition) is 5. The summed E-state index contributed by atoms with van der Waals surface area (Å²) in [6.45, 7) is 4.05. The highest BCUT2D eigenvalue weighted by molar-refractivity contribution is 7.19. The van der Waals surface area contributed by atoms with Crippen LogP contribution < -0.4 is 10.9 Å². The molecule has 0 saturated heterocycles. The third kappa shape index (κ3) is 3.63. The summed E-state index contributed by atoms with van der Waals surface area (Å²) >= 11 is 3.09. The Morgan fingerprint density at radius 3 is 2.64 bits per heavy atom. The largest absolute Gasteiger partial charge is 0.325 e. The number of nitrogens with zero attached hydrogens (tertiary/aromatic N) is 2. The summed E-state index contributed by atoms with van der Waals surface area (Å²) in [7, 11) is 0. The predicted octanol–water partition coefficient (Wildman–Crippen LogP) is 4.70. The Morgan fingerprint density at radius 1 is 1.18 bits per heavy atom. The molecule has 3 aromatic heterocycles. The van der Waals surface area contributed by atoms with Gasteiger partial charge < -0.3 is 5.32 Å². The highest BCUT2D eigenvalue weighted by Gasteiger charge is 2.15. The van der Waals surface area contributed by atoms with Gasteiger partial charge in [-0.1, -0.05) is 19.1 Å². The number of thiophene rings is 2. The molecule has 0 unspecified atom stereocenters. The molecule has 142 valence electrons. The van der Waals surface area contributed by atoms with E-state index in [1.54, 1.807) is 11.3 Å². The van der Waals surface area contributed by atoms with Crippen LogP contribution in [0, 0.1) is 6.92 Å². The summed E-state index contributed by atoms with van der Waals surface area (Å²) in [6, 6.07) is 11.8. The van der Waals surface area contributed by atoms with Crippen molar-refractivity contribution in [2.24, 2.45) is 0 Å². The van der Waals surface area contributed by atoms with Crippen LogP contribution in [0.1, 0.15) is 17.4 Å². The van der Waals surface area contributed by atoms with Crippen molar-refractivity contribution in [1.29, 1.82) is 0 Å². The maximum atomic E-state index is 13.0. The van der Waals surface area contributed by atoms with Crippen molar-refractivity contribution < 1.29 is 4.79 Å². The molecule has 0 aliphatic carbocycles. The molecule has 4 rings (SSSR count). The molecule has 0 aliphatic rings. The monoisotopic (exact) mass is 409 g/mol. The van der Waals surface area contributed by atoms with E-state index in [1.807, 2.05) is 48.7 Å². The average molecular weight is 410 g/mol. The van der Waals surface area contributed by atoms with E-state index >= 15 is 0 Å². The minimum atomic E-state index is -0.253. The number of benzene rings is 1. The van der Waals surface area contributed by atoms with Crippen molar-refractivity contribution in [3.8, 4) is 10.4 Å². The Bertz CT molecular complexity index is 1200. The van der Waals surface area contributed by atoms with E-state index < -0.39 is 0 Å². The lowest BCUT2D eigenvalue weighted by Gasteiger charge is -2.08. The zero-order chi connectivity index (χ0) is 19.7. The van der Waals surface area contributed by atoms with Gasteiger partial charge >= 0.3 is 0 Å². The van der Waals surface area contributed by atoms with Crippen LogP contribution in [0.4, 0.5) is 5.69 Å². The van der Waals surface area contributed by atoms with Gasteiger partial charge in [-0.25, -0.2) is 4.98 Å². The Labute approximate surface area is 170 Å². The summed E-state index contributed by atoms with van der Waals surface area (Å²) < 4.78 is 1.37. The smallest absolute Gasteiger partial charge is 0.263 e. The predicted molar refractivity (Wildman–Crippen MR) is 116 cm³/mol. The van der Waals surface area contributed by atoms with Crippen LogP contribution in [0.3, 0.4) is 0 Å². The van der Waals surface area contributed by atoms with Gasteiger partial charge in [0.25, 0.3) is 5.56 Å². The Hall–Kier alpha value is -2.77. The summed E-state index contributed by atoms with van der Waals surface area (Å²) in [5, 5.41) is 5.38. The average Bonchev–Trinajstić information content (AvgIpc) is 3.31. The molecule has 28 heavy (non-hydrogen) atoms. The molecule has 0 atom stereocenters. The van der Waals surface area contributed by atoms with E-state index in [9.17, 15) is 9.59 Å². The molecule has 1 amide bonds. The van der Waals surface area contributed by atoms with Crippen LogP contribution in [0.25, 0.3) is 20.7 Å². The normalized spacial score (nSPS) is 11.1. The highest BCUT2D eigenvalue weighted by Crippen LogP contribution is 2.34. The van der Waals surface area contributed by atoms with Gasteiger partial charge in [-0.15, -0.1) is 22.7 Å². The Kier molecular flexibility index (Phi) is 5.11. The number of aromatic nitrogens is 2. The van der Waals surface area contributed by atoms with Gasteiger partial charge in [0.05, 0.1) is 11.7 Å². The minimum Gasteiger partial charge on any atom is -0.325 e. The van der Waals surface area contributed by atoms with Gasteiger partial charge in [0.2, 0.25) is 5.91 Å². The molecule has 0 saturated carbocycles. The molecule has 0 radical (unpaired) electrons. The van der Waals surface area contributed by atoms with E-state index in [-0.39, 0.29) is 18.0 Å². The van der Waals surface area contributed by atoms with Gasteiger partial charge in [-0.05, 0) is 43.2 Å². The lowest BCUT2D eigenvalue weighted by molar-refractivity contribution is -0.116. The minimum absolute atomic E-state index is 0.0734. The zero-order valence-electron chi connectivity index (χ0n) is 15.6. The third-order valence-corrected chi connectivity index (χ3v) is 6.45. The fraction of sp³-hybridized carbons (Fsp3) is 0.190. The first-order valence-electron chi connectivity index (χ1n) is 8.97. The first kappa shape index (κ1) is 18.6. The fourth-order valence-electron chi connectivity index (χ4n) is 3.02. The summed E-state index contributed by atoms with van der Waals surface area (Å²) in [5.41, 5.74) is 2.62. The number of anilines is 1. The van der Waals surface area contributed by atoms with Crippen LogP contribution in [0.15, 0.2) is 52.9 Å². The number of rotatable bonds is 5. The number of fused-ring (bicyclic) bond motifs is 1. The van der Waals surface area contributed by atoms with Gasteiger partial charge in [-0.2, -0.15) is 0 Å². The zero-order valence-corrected chi connectivity index (χ0v) is 17.2. The standard InChI is InChI=1S/C21H19N3O2S2/c1-3-14-5-7-15(8-6-14)23-18(25)10-24-12-22-20-19(21(24)26)16(11-27-20)17-9-4-13(2)28-17/h4-9,11-12H,3,10H2,1-2H3,(H,23,25). The summed E-state index contributed by atoms with van der Waals surface area (Å²) in [5.74, 6) is -0.253. The topological polar surface area (TPSA) is 64.0 Å². The number of aryl methyl sites for hydroxylation is 2. The van der Waals surface area contributed by atoms with Crippen molar-refractivity contribution in [3.05, 3.63) is 68.9 Å². The van der Waals surface area contributed by atoms with Crippen LogP contribution in [0.2, 0.25) is 0 Å². The van der Waals surface area contributed by atoms with Crippen LogP contribution in [-0.2, 0) is 17.8 Å². The Morgan fingerprint density at radius 2 is 1.96 bits per heavy atom. The molecular formula is C21H19N3O2S2. The van der Waals surface area contributed by atoms with Gasteiger partial charge in [0.1, 0.15) is 11.4 Å². The van der Waals surface area contributed by atoms with Gasteiger partial charge in [0.15, 0.2) is 0 Å². The van der Waals surface area contributed by atoms with Crippen molar-refractivity contribution in [2.45, 2.75) is 26.8 Å². The molecule has 5 nitrogen and oxygen atoms in total.